The van der Waals surface area contributed by atoms with Gasteiger partial charge in [0.15, 0.2) is 0 Å². The maximum atomic E-state index is 6.14. The normalized spacial score (nSPS) is 30.0. The molecule has 112 valence electrons. The quantitative estimate of drug-likeness (QED) is 0.720. The Morgan fingerprint density at radius 2 is 1.79 bits per heavy atom. The van der Waals surface area contributed by atoms with Crippen LogP contribution in [0.1, 0.15) is 58.3 Å². The number of ether oxygens (including phenoxy) is 2. The molecule has 3 heteroatoms. The molecular weight excluding hydrogens is 238 g/mol. The van der Waals surface area contributed by atoms with Crippen LogP contribution >= 0.6 is 0 Å². The molecule has 2 unspecified atom stereocenters. The van der Waals surface area contributed by atoms with Crippen molar-refractivity contribution in [1.82, 2.24) is 5.32 Å². The lowest BCUT2D eigenvalue weighted by molar-refractivity contribution is -0.149. The number of rotatable bonds is 7. The molecule has 19 heavy (non-hydrogen) atoms. The van der Waals surface area contributed by atoms with Gasteiger partial charge < -0.3 is 14.8 Å². The molecule has 0 aromatic heterocycles. The van der Waals surface area contributed by atoms with Gasteiger partial charge in [-0.1, -0.05) is 32.6 Å². The summed E-state index contributed by atoms with van der Waals surface area (Å²) < 4.78 is 11.7. The maximum Gasteiger partial charge on any atom is 0.0704 e. The molecule has 0 radical (unpaired) electrons. The molecule has 0 aromatic rings. The fourth-order valence-corrected chi connectivity index (χ4v) is 3.94. The van der Waals surface area contributed by atoms with Gasteiger partial charge in [0.1, 0.15) is 0 Å². The third-order valence-electron chi connectivity index (χ3n) is 5.06. The van der Waals surface area contributed by atoms with Gasteiger partial charge in [0.05, 0.1) is 19.3 Å². The molecule has 0 aliphatic heterocycles. The predicted octanol–water partition coefficient (Wildman–Crippen LogP) is 3.13. The van der Waals surface area contributed by atoms with E-state index in [9.17, 15) is 0 Å². The fraction of sp³-hybridized carbons (Fsp3) is 1.00. The summed E-state index contributed by atoms with van der Waals surface area (Å²) in [7, 11) is 2.11. The molecule has 0 heterocycles. The fourth-order valence-electron chi connectivity index (χ4n) is 3.94. The summed E-state index contributed by atoms with van der Waals surface area (Å²) in [5.74, 6) is 0. The molecule has 2 aliphatic carbocycles. The van der Waals surface area contributed by atoms with Crippen LogP contribution in [0.3, 0.4) is 0 Å². The molecule has 2 rings (SSSR count). The monoisotopic (exact) mass is 269 g/mol. The maximum absolute atomic E-state index is 6.14. The van der Waals surface area contributed by atoms with Crippen LogP contribution in [0.15, 0.2) is 0 Å². The van der Waals surface area contributed by atoms with Gasteiger partial charge in [0.25, 0.3) is 0 Å². The zero-order valence-corrected chi connectivity index (χ0v) is 12.7. The Hall–Kier alpha value is -0.120. The average molecular weight is 269 g/mol. The van der Waals surface area contributed by atoms with Crippen molar-refractivity contribution in [3.63, 3.8) is 0 Å². The largest absolute Gasteiger partial charge is 0.379 e. The van der Waals surface area contributed by atoms with E-state index >= 15 is 0 Å². The van der Waals surface area contributed by atoms with Gasteiger partial charge in [-0.3, -0.25) is 0 Å². The van der Waals surface area contributed by atoms with Gasteiger partial charge in [0, 0.05) is 18.1 Å². The highest BCUT2D eigenvalue weighted by Crippen LogP contribution is 2.52. The van der Waals surface area contributed by atoms with E-state index in [2.05, 4.69) is 19.3 Å². The summed E-state index contributed by atoms with van der Waals surface area (Å²) in [6.45, 7) is 4.52. The van der Waals surface area contributed by atoms with Gasteiger partial charge in [0.2, 0.25) is 0 Å². The minimum absolute atomic E-state index is 0.427. The first-order chi connectivity index (χ1) is 9.33. The van der Waals surface area contributed by atoms with Crippen LogP contribution in [-0.2, 0) is 9.47 Å². The lowest BCUT2D eigenvalue weighted by atomic mass is 9.58. The zero-order chi connectivity index (χ0) is 13.6. The number of hydrogen-bond acceptors (Lipinski definition) is 3. The SMILES string of the molecule is CCCOCCOC1CC(NC)C12CCCCCC2. The smallest absolute Gasteiger partial charge is 0.0704 e. The topological polar surface area (TPSA) is 30.5 Å². The van der Waals surface area contributed by atoms with Crippen molar-refractivity contribution >= 4 is 0 Å². The molecule has 2 fully saturated rings. The van der Waals surface area contributed by atoms with Gasteiger partial charge >= 0.3 is 0 Å². The Morgan fingerprint density at radius 1 is 1.05 bits per heavy atom. The standard InChI is InChI=1S/C16H31NO2/c1-3-10-18-11-12-19-15-13-14(17-2)16(15)8-6-4-5-7-9-16/h14-15,17H,3-13H2,1-2H3. The molecule has 2 aliphatic rings. The summed E-state index contributed by atoms with van der Waals surface area (Å²) in [4.78, 5) is 0. The molecule has 1 spiro atoms. The molecule has 0 bridgehead atoms. The van der Waals surface area contributed by atoms with E-state index in [1.807, 2.05) is 0 Å². The average Bonchev–Trinajstić information content (AvgIpc) is 2.69. The molecule has 2 atom stereocenters. The minimum atomic E-state index is 0.427. The van der Waals surface area contributed by atoms with Crippen LogP contribution in [0, 0.1) is 5.41 Å². The Balaban J connectivity index is 1.79. The van der Waals surface area contributed by atoms with Crippen LogP contribution in [0.4, 0.5) is 0 Å². The predicted molar refractivity (Wildman–Crippen MR) is 78.4 cm³/mol. The van der Waals surface area contributed by atoms with Crippen molar-refractivity contribution < 1.29 is 9.47 Å². The van der Waals surface area contributed by atoms with E-state index in [1.165, 1.54) is 44.9 Å². The van der Waals surface area contributed by atoms with E-state index in [4.69, 9.17) is 9.47 Å². The van der Waals surface area contributed by atoms with Crippen LogP contribution in [0.2, 0.25) is 0 Å². The molecule has 0 amide bonds. The third kappa shape index (κ3) is 3.50. The molecule has 2 saturated carbocycles. The van der Waals surface area contributed by atoms with Crippen molar-refractivity contribution in [3.8, 4) is 0 Å². The van der Waals surface area contributed by atoms with Gasteiger partial charge in [-0.2, -0.15) is 0 Å². The second-order valence-electron chi connectivity index (χ2n) is 6.20. The van der Waals surface area contributed by atoms with Crippen molar-refractivity contribution in [2.75, 3.05) is 26.9 Å². The summed E-state index contributed by atoms with van der Waals surface area (Å²) in [5, 5.41) is 3.52. The van der Waals surface area contributed by atoms with Gasteiger partial charge in [-0.25, -0.2) is 0 Å². The van der Waals surface area contributed by atoms with Crippen molar-refractivity contribution in [2.45, 2.75) is 70.4 Å². The van der Waals surface area contributed by atoms with E-state index in [0.717, 1.165) is 26.2 Å². The summed E-state index contributed by atoms with van der Waals surface area (Å²) in [5.41, 5.74) is 0.427. The number of hydrogen-bond donors (Lipinski definition) is 1. The third-order valence-corrected chi connectivity index (χ3v) is 5.06. The van der Waals surface area contributed by atoms with E-state index < -0.39 is 0 Å². The summed E-state index contributed by atoms with van der Waals surface area (Å²) >= 11 is 0. The second-order valence-corrected chi connectivity index (χ2v) is 6.20. The first kappa shape index (κ1) is 15.3. The highest BCUT2D eigenvalue weighted by molar-refractivity contribution is 5.07. The molecule has 3 nitrogen and oxygen atoms in total. The molecule has 0 saturated heterocycles. The highest BCUT2D eigenvalue weighted by Gasteiger charge is 2.54. The highest BCUT2D eigenvalue weighted by atomic mass is 16.5. The molecular formula is C16H31NO2. The second kappa shape index (κ2) is 7.61. The van der Waals surface area contributed by atoms with Crippen molar-refractivity contribution in [3.05, 3.63) is 0 Å². The molecule has 0 aromatic carbocycles. The Labute approximate surface area is 118 Å². The lowest BCUT2D eigenvalue weighted by Gasteiger charge is -2.56. The van der Waals surface area contributed by atoms with Crippen LogP contribution in [-0.4, -0.2) is 39.0 Å². The lowest BCUT2D eigenvalue weighted by Crippen LogP contribution is -2.63. The van der Waals surface area contributed by atoms with Crippen LogP contribution < -0.4 is 5.32 Å². The first-order valence-electron chi connectivity index (χ1n) is 8.20. The van der Waals surface area contributed by atoms with Crippen LogP contribution in [0.5, 0.6) is 0 Å². The van der Waals surface area contributed by atoms with Crippen molar-refractivity contribution in [2.24, 2.45) is 5.41 Å². The van der Waals surface area contributed by atoms with Gasteiger partial charge in [-0.05, 0) is 32.7 Å². The zero-order valence-electron chi connectivity index (χ0n) is 12.7. The van der Waals surface area contributed by atoms with E-state index in [1.54, 1.807) is 0 Å². The molecule has 1 N–H and O–H groups in total. The Morgan fingerprint density at radius 3 is 2.42 bits per heavy atom. The first-order valence-corrected chi connectivity index (χ1v) is 8.20. The Kier molecular flexibility index (Phi) is 6.11. The van der Waals surface area contributed by atoms with E-state index in [-0.39, 0.29) is 0 Å². The summed E-state index contributed by atoms with van der Waals surface area (Å²) in [6.07, 6.45) is 11.0. The Bertz CT molecular complexity index is 249. The van der Waals surface area contributed by atoms with Crippen molar-refractivity contribution in [1.29, 1.82) is 0 Å². The van der Waals surface area contributed by atoms with Crippen LogP contribution in [0.25, 0.3) is 0 Å². The van der Waals surface area contributed by atoms with E-state index in [0.29, 0.717) is 17.6 Å². The van der Waals surface area contributed by atoms with Gasteiger partial charge in [-0.15, -0.1) is 0 Å². The summed E-state index contributed by atoms with van der Waals surface area (Å²) in [6, 6.07) is 0.673. The number of nitrogens with one attached hydrogen (secondary N) is 1. The minimum Gasteiger partial charge on any atom is -0.379 e.